The first kappa shape index (κ1) is 21.4. The quantitative estimate of drug-likeness (QED) is 0.373. The predicted molar refractivity (Wildman–Crippen MR) is 123 cm³/mol. The van der Waals surface area contributed by atoms with Gasteiger partial charge in [0.05, 0.1) is 7.11 Å². The highest BCUT2D eigenvalue weighted by atomic mass is 16.5. The minimum Gasteiger partial charge on any atom is -0.497 e. The molecular formula is C24H30N4O2. The van der Waals surface area contributed by atoms with Crippen molar-refractivity contribution in [2.45, 2.75) is 33.1 Å². The average Bonchev–Trinajstić information content (AvgIpc) is 3.18. The number of aliphatic imine (C=N–C) groups is 1. The Morgan fingerprint density at radius 3 is 2.53 bits per heavy atom. The molecule has 0 bridgehead atoms. The normalized spacial score (nSPS) is 11.7. The van der Waals surface area contributed by atoms with Gasteiger partial charge in [-0.2, -0.15) is 0 Å². The smallest absolute Gasteiger partial charge is 0.229 e. The number of para-hydroxylation sites is 1. The molecule has 6 nitrogen and oxygen atoms in total. The molecule has 1 heterocycles. The number of benzene rings is 2. The Bertz CT molecular complexity index is 988. The Labute approximate surface area is 177 Å². The first-order valence-electron chi connectivity index (χ1n) is 10.5. The van der Waals surface area contributed by atoms with Crippen LogP contribution < -0.4 is 15.4 Å². The van der Waals surface area contributed by atoms with E-state index in [1.807, 2.05) is 56.4 Å². The van der Waals surface area contributed by atoms with E-state index < -0.39 is 0 Å². The fraction of sp³-hybridized carbons (Fsp3) is 0.333. The lowest BCUT2D eigenvalue weighted by Gasteiger charge is -2.16. The molecular weight excluding hydrogens is 376 g/mol. The molecule has 0 fully saturated rings. The number of hydrogen-bond donors (Lipinski definition) is 3. The summed E-state index contributed by atoms with van der Waals surface area (Å²) in [5.74, 6) is 1.21. The van der Waals surface area contributed by atoms with Gasteiger partial charge < -0.3 is 15.0 Å². The second kappa shape index (κ2) is 10.5. The number of ether oxygens (including phenoxy) is 1. The van der Waals surface area contributed by atoms with Gasteiger partial charge in [0.25, 0.3) is 0 Å². The first-order chi connectivity index (χ1) is 14.6. The molecule has 0 atom stereocenters. The Kier molecular flexibility index (Phi) is 7.49. The highest BCUT2D eigenvalue weighted by Gasteiger charge is 2.16. The number of amides is 1. The Morgan fingerprint density at radius 2 is 1.83 bits per heavy atom. The predicted octanol–water partition coefficient (Wildman–Crippen LogP) is 4.74. The van der Waals surface area contributed by atoms with Crippen molar-refractivity contribution in [3.63, 3.8) is 0 Å². The van der Waals surface area contributed by atoms with Gasteiger partial charge in [-0.25, -0.2) is 0 Å². The van der Waals surface area contributed by atoms with Crippen molar-refractivity contribution in [1.29, 1.82) is 0 Å². The summed E-state index contributed by atoms with van der Waals surface area (Å²) in [4.78, 5) is 20.6. The number of nitrogens with zero attached hydrogens (tertiary/aromatic N) is 1. The number of aromatic nitrogens is 1. The van der Waals surface area contributed by atoms with Crippen molar-refractivity contribution >= 4 is 28.5 Å². The number of carbonyl (C=O) groups is 1. The van der Waals surface area contributed by atoms with Crippen LogP contribution >= 0.6 is 0 Å². The van der Waals surface area contributed by atoms with Gasteiger partial charge in [-0.3, -0.25) is 15.1 Å². The van der Waals surface area contributed by atoms with Crippen molar-refractivity contribution in [2.24, 2.45) is 10.9 Å². The van der Waals surface area contributed by atoms with Gasteiger partial charge in [-0.15, -0.1) is 0 Å². The highest BCUT2D eigenvalue weighted by molar-refractivity contribution is 6.04. The maximum Gasteiger partial charge on any atom is 0.229 e. The summed E-state index contributed by atoms with van der Waals surface area (Å²) in [7, 11) is 1.63. The third-order valence-corrected chi connectivity index (χ3v) is 5.28. The summed E-state index contributed by atoms with van der Waals surface area (Å²) < 4.78 is 5.21. The number of H-pyrrole nitrogens is 1. The Balaban J connectivity index is 1.73. The molecule has 158 valence electrons. The molecule has 0 aliphatic carbocycles. The third kappa shape index (κ3) is 5.41. The van der Waals surface area contributed by atoms with Gasteiger partial charge in [0, 0.05) is 35.2 Å². The van der Waals surface area contributed by atoms with Gasteiger partial charge in [0.15, 0.2) is 0 Å². The lowest BCUT2D eigenvalue weighted by atomic mass is 10.0. The molecule has 6 heteroatoms. The number of rotatable bonds is 8. The summed E-state index contributed by atoms with van der Waals surface area (Å²) >= 11 is 0. The van der Waals surface area contributed by atoms with E-state index in [-0.39, 0.29) is 11.8 Å². The van der Waals surface area contributed by atoms with Crippen LogP contribution in [0.3, 0.4) is 0 Å². The number of methoxy groups -OCH3 is 1. The summed E-state index contributed by atoms with van der Waals surface area (Å²) in [6.45, 7) is 4.61. The van der Waals surface area contributed by atoms with Gasteiger partial charge in [-0.05, 0) is 55.2 Å². The van der Waals surface area contributed by atoms with Crippen LogP contribution in [-0.4, -0.2) is 30.5 Å². The second-order valence-electron chi connectivity index (χ2n) is 7.20. The van der Waals surface area contributed by atoms with Crippen LogP contribution in [0.25, 0.3) is 10.9 Å². The van der Waals surface area contributed by atoms with Crippen LogP contribution in [0.4, 0.5) is 5.69 Å². The number of hydrogen-bond acceptors (Lipinski definition) is 3. The van der Waals surface area contributed by atoms with E-state index in [9.17, 15) is 4.79 Å². The number of carbonyl (C=O) groups excluding carboxylic acids is 1. The van der Waals surface area contributed by atoms with E-state index in [1.165, 1.54) is 10.9 Å². The van der Waals surface area contributed by atoms with Gasteiger partial charge >= 0.3 is 0 Å². The molecule has 0 unspecified atom stereocenters. The van der Waals surface area contributed by atoms with Crippen molar-refractivity contribution in [3.05, 3.63) is 60.3 Å². The molecule has 1 amide bonds. The van der Waals surface area contributed by atoms with Crippen LogP contribution in [0, 0.1) is 5.92 Å². The monoisotopic (exact) mass is 406 g/mol. The number of aromatic amines is 1. The minimum atomic E-state index is -0.0264. The van der Waals surface area contributed by atoms with Crippen molar-refractivity contribution in [3.8, 4) is 5.75 Å². The van der Waals surface area contributed by atoms with E-state index in [4.69, 9.17) is 4.74 Å². The van der Waals surface area contributed by atoms with E-state index in [2.05, 4.69) is 32.7 Å². The molecule has 0 radical (unpaired) electrons. The summed E-state index contributed by atoms with van der Waals surface area (Å²) in [5, 5.41) is 7.42. The maximum atomic E-state index is 12.6. The molecule has 0 spiro atoms. The molecule has 0 saturated heterocycles. The molecule has 3 rings (SSSR count). The number of guanidine groups is 1. The first-order valence-corrected chi connectivity index (χ1v) is 10.5. The lowest BCUT2D eigenvalue weighted by molar-refractivity contribution is -0.123. The van der Waals surface area contributed by atoms with Gasteiger partial charge in [-0.1, -0.05) is 32.0 Å². The molecule has 3 aromatic rings. The van der Waals surface area contributed by atoms with E-state index in [1.54, 1.807) is 7.11 Å². The standard InChI is InChI=1S/C24H30N4O2/c1-4-17(5-2)23(29)28-24(27-19-10-12-20(30-3)13-11-19)25-15-14-18-16-26-22-9-7-6-8-21(18)22/h6-13,16-17,26H,4-5,14-15H2,1-3H3,(H2,25,27,28,29). The zero-order valence-electron chi connectivity index (χ0n) is 17.9. The zero-order chi connectivity index (χ0) is 21.3. The van der Waals surface area contributed by atoms with E-state index in [0.29, 0.717) is 12.5 Å². The molecule has 1 aromatic heterocycles. The molecule has 30 heavy (non-hydrogen) atoms. The minimum absolute atomic E-state index is 0.00754. The van der Waals surface area contributed by atoms with Crippen LogP contribution in [0.2, 0.25) is 0 Å². The number of anilines is 1. The topological polar surface area (TPSA) is 78.5 Å². The summed E-state index contributed by atoms with van der Waals surface area (Å²) in [5.41, 5.74) is 3.17. The van der Waals surface area contributed by atoms with Crippen molar-refractivity contribution in [2.75, 3.05) is 19.0 Å². The zero-order valence-corrected chi connectivity index (χ0v) is 17.9. The summed E-state index contributed by atoms with van der Waals surface area (Å²) in [6.07, 6.45) is 4.40. The number of fused-ring (bicyclic) bond motifs is 1. The molecule has 3 N–H and O–H groups in total. The van der Waals surface area contributed by atoms with Crippen molar-refractivity contribution in [1.82, 2.24) is 10.3 Å². The largest absolute Gasteiger partial charge is 0.497 e. The number of nitrogens with one attached hydrogen (secondary N) is 3. The van der Waals surface area contributed by atoms with Crippen molar-refractivity contribution < 1.29 is 9.53 Å². The van der Waals surface area contributed by atoms with E-state index >= 15 is 0 Å². The Morgan fingerprint density at radius 1 is 1.10 bits per heavy atom. The SMILES string of the molecule is CCC(CC)C(=O)NC(=NCCc1c[nH]c2ccccc12)Nc1ccc(OC)cc1. The average molecular weight is 407 g/mol. The lowest BCUT2D eigenvalue weighted by Crippen LogP contribution is -2.39. The molecule has 2 aromatic carbocycles. The van der Waals surface area contributed by atoms with E-state index in [0.717, 1.165) is 36.2 Å². The fourth-order valence-corrected chi connectivity index (χ4v) is 3.43. The Hall–Kier alpha value is -3.28. The highest BCUT2D eigenvalue weighted by Crippen LogP contribution is 2.18. The van der Waals surface area contributed by atoms with Crippen LogP contribution in [0.5, 0.6) is 5.75 Å². The van der Waals surface area contributed by atoms with Gasteiger partial charge in [0.2, 0.25) is 11.9 Å². The second-order valence-corrected chi connectivity index (χ2v) is 7.20. The third-order valence-electron chi connectivity index (χ3n) is 5.28. The maximum absolute atomic E-state index is 12.6. The van der Waals surface area contributed by atoms with Crippen LogP contribution in [0.15, 0.2) is 59.7 Å². The van der Waals surface area contributed by atoms with Gasteiger partial charge in [0.1, 0.15) is 5.75 Å². The summed E-state index contributed by atoms with van der Waals surface area (Å²) in [6, 6.07) is 15.8. The molecule has 0 aliphatic rings. The fourth-order valence-electron chi connectivity index (χ4n) is 3.43. The molecule has 0 aliphatic heterocycles. The van der Waals surface area contributed by atoms with Crippen LogP contribution in [0.1, 0.15) is 32.3 Å². The van der Waals surface area contributed by atoms with Crippen LogP contribution in [-0.2, 0) is 11.2 Å². The molecule has 0 saturated carbocycles.